The summed E-state index contributed by atoms with van der Waals surface area (Å²) >= 11 is 1.25. The van der Waals surface area contributed by atoms with Crippen LogP contribution in [0.4, 0.5) is 0 Å². The van der Waals surface area contributed by atoms with Gasteiger partial charge in [-0.15, -0.1) is 0 Å². The molecule has 1 N–H and O–H groups in total. The summed E-state index contributed by atoms with van der Waals surface area (Å²) in [6.07, 6.45) is 0.841. The van der Waals surface area contributed by atoms with Gasteiger partial charge in [0.1, 0.15) is 0 Å². The molecular weight excluding hydrogens is 410 g/mol. The number of aromatic nitrogens is 2. The molecule has 31 heavy (non-hydrogen) atoms. The number of rotatable bonds is 9. The van der Waals surface area contributed by atoms with Crippen LogP contribution in [0.3, 0.4) is 0 Å². The number of Topliss-reactive ketones (excluding diaryl/α,β-unsaturated/α-hetero) is 1. The minimum Gasteiger partial charge on any atom is -0.352 e. The largest absolute Gasteiger partial charge is 0.352 e. The van der Waals surface area contributed by atoms with Crippen molar-refractivity contribution in [3.63, 3.8) is 0 Å². The van der Waals surface area contributed by atoms with Crippen LogP contribution in [0.2, 0.25) is 0 Å². The Morgan fingerprint density at radius 3 is 2.52 bits per heavy atom. The van der Waals surface area contributed by atoms with E-state index in [0.29, 0.717) is 40.3 Å². The summed E-state index contributed by atoms with van der Waals surface area (Å²) in [5.41, 5.74) is 1.40. The lowest BCUT2D eigenvalue weighted by molar-refractivity contribution is 0.0953. The summed E-state index contributed by atoms with van der Waals surface area (Å²) in [6, 6.07) is 14.0. The van der Waals surface area contributed by atoms with E-state index in [9.17, 15) is 14.4 Å². The lowest BCUT2D eigenvalue weighted by Gasteiger charge is -2.15. The van der Waals surface area contributed by atoms with Crippen molar-refractivity contribution >= 4 is 34.4 Å². The molecule has 6 nitrogen and oxygen atoms in total. The number of ketones is 1. The molecule has 0 fully saturated rings. The number of hydrogen-bond donors (Lipinski definition) is 1. The quantitative estimate of drug-likeness (QED) is 0.309. The predicted octanol–water partition coefficient (Wildman–Crippen LogP) is 4.17. The molecule has 1 heterocycles. The lowest BCUT2D eigenvalue weighted by Crippen LogP contribution is -2.27. The molecule has 0 spiro atoms. The fourth-order valence-electron chi connectivity index (χ4n) is 3.16. The Kier molecular flexibility index (Phi) is 7.63. The second-order valence-electron chi connectivity index (χ2n) is 7.77. The van der Waals surface area contributed by atoms with Gasteiger partial charge in [-0.25, -0.2) is 4.98 Å². The standard InChI is InChI=1S/C24H27N3O3S/c1-4-12-25-22(29)18-10-11-19-20(13-18)26-24(27(23(19)30)14-16(2)3)31-15-21(28)17-8-6-5-7-9-17/h5-11,13,16H,4,12,14-15H2,1-3H3,(H,25,29). The van der Waals surface area contributed by atoms with Crippen LogP contribution >= 0.6 is 11.8 Å². The Hall–Kier alpha value is -2.93. The Balaban J connectivity index is 1.97. The monoisotopic (exact) mass is 437 g/mol. The van der Waals surface area contributed by atoms with Crippen LogP contribution in [0.25, 0.3) is 10.9 Å². The predicted molar refractivity (Wildman–Crippen MR) is 125 cm³/mol. The molecule has 162 valence electrons. The van der Waals surface area contributed by atoms with Gasteiger partial charge in [-0.05, 0) is 30.5 Å². The summed E-state index contributed by atoms with van der Waals surface area (Å²) < 4.78 is 1.63. The van der Waals surface area contributed by atoms with E-state index < -0.39 is 0 Å². The number of hydrogen-bond acceptors (Lipinski definition) is 5. The van der Waals surface area contributed by atoms with Crippen LogP contribution in [-0.2, 0) is 6.54 Å². The summed E-state index contributed by atoms with van der Waals surface area (Å²) in [6.45, 7) is 7.13. The van der Waals surface area contributed by atoms with Crippen molar-refractivity contribution in [2.24, 2.45) is 5.92 Å². The van der Waals surface area contributed by atoms with Crippen LogP contribution in [0.1, 0.15) is 47.9 Å². The molecule has 0 unspecified atom stereocenters. The number of amides is 1. The van der Waals surface area contributed by atoms with E-state index in [1.165, 1.54) is 11.8 Å². The molecule has 0 atom stereocenters. The summed E-state index contributed by atoms with van der Waals surface area (Å²) in [5, 5.41) is 3.79. The fraction of sp³-hybridized carbons (Fsp3) is 0.333. The Labute approximate surface area is 186 Å². The SMILES string of the molecule is CCCNC(=O)c1ccc2c(=O)n(CC(C)C)c(SCC(=O)c3ccccc3)nc2c1. The van der Waals surface area contributed by atoms with E-state index >= 15 is 0 Å². The number of nitrogens with one attached hydrogen (secondary N) is 1. The van der Waals surface area contributed by atoms with E-state index in [1.54, 1.807) is 34.9 Å². The zero-order valence-corrected chi connectivity index (χ0v) is 18.9. The van der Waals surface area contributed by atoms with Crippen molar-refractivity contribution in [1.29, 1.82) is 0 Å². The van der Waals surface area contributed by atoms with Gasteiger partial charge in [-0.3, -0.25) is 19.0 Å². The first-order valence-corrected chi connectivity index (χ1v) is 11.4. The van der Waals surface area contributed by atoms with Crippen molar-refractivity contribution in [2.45, 2.75) is 38.9 Å². The van der Waals surface area contributed by atoms with Crippen LogP contribution in [0, 0.1) is 5.92 Å². The fourth-order valence-corrected chi connectivity index (χ4v) is 4.06. The van der Waals surface area contributed by atoms with Gasteiger partial charge in [-0.2, -0.15) is 0 Å². The highest BCUT2D eigenvalue weighted by atomic mass is 32.2. The van der Waals surface area contributed by atoms with Crippen molar-refractivity contribution in [1.82, 2.24) is 14.9 Å². The molecule has 0 aliphatic rings. The normalized spacial score (nSPS) is 11.1. The molecule has 0 radical (unpaired) electrons. The van der Waals surface area contributed by atoms with Crippen molar-refractivity contribution in [3.05, 3.63) is 70.0 Å². The number of benzene rings is 2. The summed E-state index contributed by atoms with van der Waals surface area (Å²) in [4.78, 5) is 42.7. The van der Waals surface area contributed by atoms with Gasteiger partial charge in [0.25, 0.3) is 11.5 Å². The molecule has 0 saturated heterocycles. The third kappa shape index (κ3) is 5.61. The second-order valence-corrected chi connectivity index (χ2v) is 8.71. The Morgan fingerprint density at radius 1 is 1.10 bits per heavy atom. The number of nitrogens with zero attached hydrogens (tertiary/aromatic N) is 2. The van der Waals surface area contributed by atoms with Crippen molar-refractivity contribution in [3.8, 4) is 0 Å². The maximum Gasteiger partial charge on any atom is 0.262 e. The number of fused-ring (bicyclic) bond motifs is 1. The van der Waals surface area contributed by atoms with E-state index in [4.69, 9.17) is 0 Å². The minimum absolute atomic E-state index is 0.0243. The summed E-state index contributed by atoms with van der Waals surface area (Å²) in [7, 11) is 0. The van der Waals surface area contributed by atoms with Gasteiger partial charge < -0.3 is 5.32 Å². The molecule has 0 bridgehead atoms. The van der Waals surface area contributed by atoms with Crippen molar-refractivity contribution < 1.29 is 9.59 Å². The Morgan fingerprint density at radius 2 is 1.84 bits per heavy atom. The van der Waals surface area contributed by atoms with Gasteiger partial charge >= 0.3 is 0 Å². The van der Waals surface area contributed by atoms with Crippen molar-refractivity contribution in [2.75, 3.05) is 12.3 Å². The third-order valence-electron chi connectivity index (χ3n) is 4.69. The topological polar surface area (TPSA) is 81.1 Å². The number of thioether (sulfide) groups is 1. The zero-order valence-electron chi connectivity index (χ0n) is 18.1. The molecular formula is C24H27N3O3S. The minimum atomic E-state index is -0.189. The van der Waals surface area contributed by atoms with E-state index in [-0.39, 0.29) is 28.9 Å². The van der Waals surface area contributed by atoms with Crippen LogP contribution in [0.15, 0.2) is 58.5 Å². The highest BCUT2D eigenvalue weighted by Gasteiger charge is 2.16. The van der Waals surface area contributed by atoms with Gasteiger partial charge in [0.05, 0.1) is 16.7 Å². The first kappa shape index (κ1) is 22.7. The highest BCUT2D eigenvalue weighted by molar-refractivity contribution is 7.99. The second kappa shape index (κ2) is 10.4. The number of carbonyl (C=O) groups is 2. The van der Waals surface area contributed by atoms with Crippen LogP contribution in [-0.4, -0.2) is 33.5 Å². The number of carbonyl (C=O) groups excluding carboxylic acids is 2. The third-order valence-corrected chi connectivity index (χ3v) is 5.67. The maximum absolute atomic E-state index is 13.2. The molecule has 0 aliphatic carbocycles. The molecule has 1 amide bonds. The summed E-state index contributed by atoms with van der Waals surface area (Å²) in [5.74, 6) is 0.200. The van der Waals surface area contributed by atoms with Gasteiger partial charge in [-0.1, -0.05) is 62.9 Å². The van der Waals surface area contributed by atoms with Crippen LogP contribution in [0.5, 0.6) is 0 Å². The van der Waals surface area contributed by atoms with E-state index in [0.717, 1.165) is 6.42 Å². The Bertz CT molecular complexity index is 1140. The highest BCUT2D eigenvalue weighted by Crippen LogP contribution is 2.21. The molecule has 7 heteroatoms. The molecule has 0 aliphatic heterocycles. The molecule has 3 rings (SSSR count). The van der Waals surface area contributed by atoms with E-state index in [2.05, 4.69) is 10.3 Å². The average molecular weight is 438 g/mol. The van der Waals surface area contributed by atoms with E-state index in [1.807, 2.05) is 39.0 Å². The lowest BCUT2D eigenvalue weighted by atomic mass is 10.1. The first-order chi connectivity index (χ1) is 14.9. The smallest absolute Gasteiger partial charge is 0.262 e. The van der Waals surface area contributed by atoms with Gasteiger partial charge in [0, 0.05) is 24.2 Å². The van der Waals surface area contributed by atoms with Gasteiger partial charge in [0.15, 0.2) is 10.9 Å². The molecule has 3 aromatic rings. The molecule has 0 saturated carbocycles. The maximum atomic E-state index is 13.2. The average Bonchev–Trinajstić information content (AvgIpc) is 2.78. The molecule has 1 aromatic heterocycles. The first-order valence-electron chi connectivity index (χ1n) is 10.4. The molecule has 2 aromatic carbocycles. The van der Waals surface area contributed by atoms with Gasteiger partial charge in [0.2, 0.25) is 0 Å². The zero-order chi connectivity index (χ0) is 22.4. The van der Waals surface area contributed by atoms with Crippen LogP contribution < -0.4 is 10.9 Å².